The summed E-state index contributed by atoms with van der Waals surface area (Å²) in [5.74, 6) is 0.766. The molecule has 0 aliphatic heterocycles. The molecule has 5 nitrogen and oxygen atoms in total. The van der Waals surface area contributed by atoms with Gasteiger partial charge in [-0.05, 0) is 35.2 Å². The van der Waals surface area contributed by atoms with E-state index in [4.69, 9.17) is 15.2 Å². The lowest BCUT2D eigenvalue weighted by Crippen LogP contribution is -2.35. The first-order valence-corrected chi connectivity index (χ1v) is 8.65. The molecule has 0 aromatic heterocycles. The predicted octanol–water partition coefficient (Wildman–Crippen LogP) is 3.96. The van der Waals surface area contributed by atoms with Gasteiger partial charge in [-0.25, -0.2) is 4.79 Å². The summed E-state index contributed by atoms with van der Waals surface area (Å²) in [6.07, 6.45) is 1.99. The van der Waals surface area contributed by atoms with Crippen LogP contribution >= 0.6 is 0 Å². The van der Waals surface area contributed by atoms with Gasteiger partial charge in [-0.1, -0.05) is 42.5 Å². The fraction of sp³-hybridized carbons (Fsp3) is 0.286. The number of hydrogen-bond donors (Lipinski definition) is 1. The second kappa shape index (κ2) is 8.06. The summed E-state index contributed by atoms with van der Waals surface area (Å²) in [4.78, 5) is 14.4. The van der Waals surface area contributed by atoms with Crippen molar-refractivity contribution in [3.05, 3.63) is 77.9 Å². The standard InChI is InChI=1S/C21H24N2O3/c1-3-11-23(21(24)26-14-15-7-5-4-6-8-15)20-13-19(22)18-12-16(25-2)9-10-17(18)20/h3-10,12,19-20H,1,11,13-14,22H2,2H3/t19-,20-/m0/s1. The van der Waals surface area contributed by atoms with E-state index in [0.717, 1.165) is 22.4 Å². The number of hydrogen-bond acceptors (Lipinski definition) is 4. The molecule has 2 aromatic rings. The summed E-state index contributed by atoms with van der Waals surface area (Å²) >= 11 is 0. The molecule has 3 rings (SSSR count). The first kappa shape index (κ1) is 18.0. The molecule has 0 saturated carbocycles. The number of fused-ring (bicyclic) bond motifs is 1. The summed E-state index contributed by atoms with van der Waals surface area (Å²) in [5.41, 5.74) is 9.30. The van der Waals surface area contributed by atoms with E-state index in [0.29, 0.717) is 13.0 Å². The molecule has 2 aromatic carbocycles. The summed E-state index contributed by atoms with van der Waals surface area (Å²) in [6.45, 7) is 4.41. The number of carbonyl (C=O) groups excluding carboxylic acids is 1. The Morgan fingerprint density at radius 1 is 1.27 bits per heavy atom. The molecular weight excluding hydrogens is 328 g/mol. The fourth-order valence-electron chi connectivity index (χ4n) is 3.36. The Kier molecular flexibility index (Phi) is 5.58. The maximum absolute atomic E-state index is 12.7. The number of methoxy groups -OCH3 is 1. The Bertz CT molecular complexity index is 776. The van der Waals surface area contributed by atoms with E-state index in [1.54, 1.807) is 18.1 Å². The topological polar surface area (TPSA) is 64.8 Å². The third-order valence-electron chi connectivity index (χ3n) is 4.67. The van der Waals surface area contributed by atoms with Crippen molar-refractivity contribution in [3.8, 4) is 5.75 Å². The number of nitrogens with zero attached hydrogens (tertiary/aromatic N) is 1. The summed E-state index contributed by atoms with van der Waals surface area (Å²) in [5, 5.41) is 0. The van der Waals surface area contributed by atoms with E-state index >= 15 is 0 Å². The Morgan fingerprint density at radius 3 is 2.73 bits per heavy atom. The van der Waals surface area contributed by atoms with Gasteiger partial charge in [-0.15, -0.1) is 6.58 Å². The molecule has 0 saturated heterocycles. The monoisotopic (exact) mass is 352 g/mol. The smallest absolute Gasteiger partial charge is 0.410 e. The molecule has 0 unspecified atom stereocenters. The molecular formula is C21H24N2O3. The molecule has 2 atom stereocenters. The van der Waals surface area contributed by atoms with Crippen molar-refractivity contribution in [2.75, 3.05) is 13.7 Å². The van der Waals surface area contributed by atoms with Crippen molar-refractivity contribution in [3.63, 3.8) is 0 Å². The van der Waals surface area contributed by atoms with Crippen LogP contribution in [0.1, 0.15) is 35.2 Å². The maximum Gasteiger partial charge on any atom is 0.410 e. The lowest BCUT2D eigenvalue weighted by atomic mass is 10.1. The van der Waals surface area contributed by atoms with Gasteiger partial charge in [-0.2, -0.15) is 0 Å². The van der Waals surface area contributed by atoms with Crippen LogP contribution in [0.15, 0.2) is 61.2 Å². The summed E-state index contributed by atoms with van der Waals surface area (Å²) in [7, 11) is 1.63. The molecule has 0 spiro atoms. The molecule has 1 amide bonds. The molecule has 0 heterocycles. The molecule has 5 heteroatoms. The van der Waals surface area contributed by atoms with Gasteiger partial charge in [0.2, 0.25) is 0 Å². The molecule has 0 bridgehead atoms. The maximum atomic E-state index is 12.7. The van der Waals surface area contributed by atoms with Gasteiger partial charge in [0.05, 0.1) is 13.2 Å². The van der Waals surface area contributed by atoms with Crippen LogP contribution in [-0.4, -0.2) is 24.6 Å². The lowest BCUT2D eigenvalue weighted by Gasteiger charge is -2.28. The zero-order valence-corrected chi connectivity index (χ0v) is 14.9. The van der Waals surface area contributed by atoms with Crippen LogP contribution in [0.4, 0.5) is 4.79 Å². The molecule has 0 radical (unpaired) electrons. The van der Waals surface area contributed by atoms with Crippen LogP contribution in [0.5, 0.6) is 5.75 Å². The third-order valence-corrected chi connectivity index (χ3v) is 4.67. The second-order valence-electron chi connectivity index (χ2n) is 6.33. The van der Waals surface area contributed by atoms with Gasteiger partial charge in [0.15, 0.2) is 0 Å². The van der Waals surface area contributed by atoms with E-state index < -0.39 is 0 Å². The average Bonchev–Trinajstić information content (AvgIpc) is 3.00. The zero-order chi connectivity index (χ0) is 18.5. The predicted molar refractivity (Wildman–Crippen MR) is 101 cm³/mol. The Hall–Kier alpha value is -2.79. The van der Waals surface area contributed by atoms with Gasteiger partial charge in [0, 0.05) is 12.6 Å². The normalized spacial score (nSPS) is 18.1. The van der Waals surface area contributed by atoms with Crippen molar-refractivity contribution in [2.45, 2.75) is 25.1 Å². The van der Waals surface area contributed by atoms with E-state index in [2.05, 4.69) is 6.58 Å². The third kappa shape index (κ3) is 3.73. The quantitative estimate of drug-likeness (QED) is 0.799. The number of benzene rings is 2. The molecule has 26 heavy (non-hydrogen) atoms. The largest absolute Gasteiger partial charge is 0.497 e. The van der Waals surface area contributed by atoms with Crippen LogP contribution in [0, 0.1) is 0 Å². The van der Waals surface area contributed by atoms with Crippen molar-refractivity contribution in [2.24, 2.45) is 5.73 Å². The van der Waals surface area contributed by atoms with Gasteiger partial charge in [0.25, 0.3) is 0 Å². The molecule has 1 aliphatic carbocycles. The van der Waals surface area contributed by atoms with Crippen molar-refractivity contribution in [1.82, 2.24) is 4.90 Å². The lowest BCUT2D eigenvalue weighted by molar-refractivity contribution is 0.0842. The van der Waals surface area contributed by atoms with E-state index in [9.17, 15) is 4.79 Å². The highest BCUT2D eigenvalue weighted by molar-refractivity contribution is 5.69. The minimum absolute atomic E-state index is 0.132. The van der Waals surface area contributed by atoms with Gasteiger partial charge in [-0.3, -0.25) is 4.90 Å². The Morgan fingerprint density at radius 2 is 2.04 bits per heavy atom. The van der Waals surface area contributed by atoms with Crippen LogP contribution < -0.4 is 10.5 Å². The first-order chi connectivity index (χ1) is 12.6. The van der Waals surface area contributed by atoms with Crippen LogP contribution in [0.25, 0.3) is 0 Å². The van der Waals surface area contributed by atoms with Crippen LogP contribution in [-0.2, 0) is 11.3 Å². The molecule has 0 fully saturated rings. The van der Waals surface area contributed by atoms with E-state index in [1.165, 1.54) is 0 Å². The minimum Gasteiger partial charge on any atom is -0.497 e. The number of rotatable bonds is 6. The van der Waals surface area contributed by atoms with E-state index in [1.807, 2.05) is 48.5 Å². The minimum atomic E-state index is -0.366. The number of ether oxygens (including phenoxy) is 2. The number of carbonyl (C=O) groups is 1. The second-order valence-corrected chi connectivity index (χ2v) is 6.33. The van der Waals surface area contributed by atoms with Crippen molar-refractivity contribution in [1.29, 1.82) is 0 Å². The average molecular weight is 352 g/mol. The van der Waals surface area contributed by atoms with E-state index in [-0.39, 0.29) is 24.8 Å². The first-order valence-electron chi connectivity index (χ1n) is 8.65. The molecule has 1 aliphatic rings. The highest BCUT2D eigenvalue weighted by atomic mass is 16.6. The Balaban J connectivity index is 1.78. The van der Waals surface area contributed by atoms with Gasteiger partial charge in [0.1, 0.15) is 12.4 Å². The highest BCUT2D eigenvalue weighted by Gasteiger charge is 2.35. The zero-order valence-electron chi connectivity index (χ0n) is 14.9. The SMILES string of the molecule is C=CCN(C(=O)OCc1ccccc1)[C@H]1C[C@H](N)c2cc(OC)ccc21. The van der Waals surface area contributed by atoms with Gasteiger partial charge < -0.3 is 15.2 Å². The number of amides is 1. The fourth-order valence-corrected chi connectivity index (χ4v) is 3.36. The molecule has 136 valence electrons. The van der Waals surface area contributed by atoms with Crippen LogP contribution in [0.2, 0.25) is 0 Å². The molecule has 2 N–H and O–H groups in total. The van der Waals surface area contributed by atoms with Crippen molar-refractivity contribution >= 4 is 6.09 Å². The van der Waals surface area contributed by atoms with Crippen molar-refractivity contribution < 1.29 is 14.3 Å². The van der Waals surface area contributed by atoms with Gasteiger partial charge >= 0.3 is 6.09 Å². The summed E-state index contributed by atoms with van der Waals surface area (Å²) < 4.78 is 10.8. The van der Waals surface area contributed by atoms with Crippen LogP contribution in [0.3, 0.4) is 0 Å². The highest BCUT2D eigenvalue weighted by Crippen LogP contribution is 2.42. The summed E-state index contributed by atoms with van der Waals surface area (Å²) in [6, 6.07) is 15.2. The number of nitrogens with two attached hydrogens (primary N) is 1. The Labute approximate surface area is 154 Å².